The Balaban J connectivity index is 1.60. The number of hydrogen-bond acceptors (Lipinski definition) is 4. The number of aromatic nitrogens is 3. The Morgan fingerprint density at radius 2 is 1.75 bits per heavy atom. The smallest absolute Gasteiger partial charge is 0.234 e. The normalized spacial score (nSPS) is 10.9. The fraction of sp³-hybridized carbons (Fsp3) is 0.160. The zero-order valence-corrected chi connectivity index (χ0v) is 19.7. The second-order valence-electron chi connectivity index (χ2n) is 7.64. The Kier molecular flexibility index (Phi) is 6.63. The monoisotopic (exact) mass is 462 g/mol. The molecule has 0 radical (unpaired) electrons. The number of hydrogen-bond donors (Lipinski definition) is 1. The van der Waals surface area contributed by atoms with Gasteiger partial charge in [-0.3, -0.25) is 9.36 Å². The number of amides is 1. The van der Waals surface area contributed by atoms with Crippen molar-refractivity contribution in [2.24, 2.45) is 0 Å². The van der Waals surface area contributed by atoms with Crippen LogP contribution in [0.2, 0.25) is 5.02 Å². The quantitative estimate of drug-likeness (QED) is 0.344. The molecule has 1 N–H and O–H groups in total. The summed E-state index contributed by atoms with van der Waals surface area (Å²) >= 11 is 7.36. The number of nitrogens with zero attached hydrogens (tertiary/aromatic N) is 3. The predicted octanol–water partition coefficient (Wildman–Crippen LogP) is 6.24. The summed E-state index contributed by atoms with van der Waals surface area (Å²) in [6, 6.07) is 21.8. The van der Waals surface area contributed by atoms with Crippen molar-refractivity contribution >= 4 is 35.0 Å². The fourth-order valence-electron chi connectivity index (χ4n) is 3.34. The van der Waals surface area contributed by atoms with E-state index in [1.54, 1.807) is 6.07 Å². The van der Waals surface area contributed by atoms with Gasteiger partial charge in [0.1, 0.15) is 0 Å². The van der Waals surface area contributed by atoms with Crippen LogP contribution in [0.4, 0.5) is 5.69 Å². The van der Waals surface area contributed by atoms with Crippen LogP contribution in [0.15, 0.2) is 71.9 Å². The molecule has 4 rings (SSSR count). The van der Waals surface area contributed by atoms with Gasteiger partial charge in [0.05, 0.1) is 5.75 Å². The molecule has 0 aliphatic heterocycles. The van der Waals surface area contributed by atoms with E-state index < -0.39 is 0 Å². The first-order chi connectivity index (χ1) is 15.4. The van der Waals surface area contributed by atoms with Gasteiger partial charge in [-0.15, -0.1) is 10.2 Å². The van der Waals surface area contributed by atoms with Crippen molar-refractivity contribution in [2.45, 2.75) is 25.9 Å². The van der Waals surface area contributed by atoms with Gasteiger partial charge >= 0.3 is 0 Å². The number of aryl methyl sites for hydroxylation is 3. The highest BCUT2D eigenvalue weighted by molar-refractivity contribution is 7.99. The molecule has 162 valence electrons. The van der Waals surface area contributed by atoms with Crippen LogP contribution in [0.1, 0.15) is 16.7 Å². The Morgan fingerprint density at radius 3 is 2.47 bits per heavy atom. The second-order valence-corrected chi connectivity index (χ2v) is 9.02. The second kappa shape index (κ2) is 9.59. The van der Waals surface area contributed by atoms with E-state index >= 15 is 0 Å². The standard InChI is InChI=1S/C25H23ClN4OS/c1-16-7-10-21(11-8-16)30-24(19-6-4-5-17(2)13-19)28-29-25(30)32-15-23(31)27-22-12-9-20(26)14-18(22)3/h4-14H,15H2,1-3H3,(H,27,31). The predicted molar refractivity (Wildman–Crippen MR) is 132 cm³/mol. The molecule has 0 aliphatic rings. The number of carbonyl (C=O) groups excluding carboxylic acids is 1. The van der Waals surface area contributed by atoms with Crippen LogP contribution in [-0.4, -0.2) is 26.4 Å². The van der Waals surface area contributed by atoms with Gasteiger partial charge in [0.15, 0.2) is 11.0 Å². The van der Waals surface area contributed by atoms with Crippen molar-refractivity contribution in [1.82, 2.24) is 14.8 Å². The molecule has 4 aromatic rings. The molecule has 0 saturated carbocycles. The molecule has 5 nitrogen and oxygen atoms in total. The lowest BCUT2D eigenvalue weighted by atomic mass is 10.1. The minimum absolute atomic E-state index is 0.115. The van der Waals surface area contributed by atoms with Crippen LogP contribution in [0.5, 0.6) is 0 Å². The van der Waals surface area contributed by atoms with Crippen molar-refractivity contribution in [3.05, 3.63) is 88.4 Å². The summed E-state index contributed by atoms with van der Waals surface area (Å²) in [5, 5.41) is 13.1. The molecular formula is C25H23ClN4OS. The Hall–Kier alpha value is -3.09. The third kappa shape index (κ3) is 5.03. The third-order valence-electron chi connectivity index (χ3n) is 5.00. The average Bonchev–Trinajstić information content (AvgIpc) is 3.19. The number of rotatable bonds is 6. The maximum atomic E-state index is 12.6. The maximum Gasteiger partial charge on any atom is 0.234 e. The number of benzene rings is 3. The molecule has 7 heteroatoms. The molecule has 0 unspecified atom stereocenters. The summed E-state index contributed by atoms with van der Waals surface area (Å²) in [5.74, 6) is 0.838. The largest absolute Gasteiger partial charge is 0.325 e. The van der Waals surface area contributed by atoms with Gasteiger partial charge in [0.25, 0.3) is 0 Å². The van der Waals surface area contributed by atoms with E-state index in [9.17, 15) is 4.79 Å². The molecule has 1 aromatic heterocycles. The number of nitrogens with one attached hydrogen (secondary N) is 1. The van der Waals surface area contributed by atoms with E-state index in [0.29, 0.717) is 10.2 Å². The number of thioether (sulfide) groups is 1. The van der Waals surface area contributed by atoms with Crippen molar-refractivity contribution in [3.63, 3.8) is 0 Å². The highest BCUT2D eigenvalue weighted by Gasteiger charge is 2.18. The van der Waals surface area contributed by atoms with Gasteiger partial charge in [-0.1, -0.05) is 64.8 Å². The lowest BCUT2D eigenvalue weighted by molar-refractivity contribution is -0.113. The van der Waals surface area contributed by atoms with Gasteiger partial charge < -0.3 is 5.32 Å². The molecule has 0 bridgehead atoms. The summed E-state index contributed by atoms with van der Waals surface area (Å²) < 4.78 is 2.00. The molecule has 0 atom stereocenters. The number of carbonyl (C=O) groups is 1. The molecule has 1 amide bonds. The zero-order chi connectivity index (χ0) is 22.7. The van der Waals surface area contributed by atoms with Crippen molar-refractivity contribution in [2.75, 3.05) is 11.1 Å². The SMILES string of the molecule is Cc1ccc(-n2c(SCC(=O)Nc3ccc(Cl)cc3C)nnc2-c2cccc(C)c2)cc1. The maximum absolute atomic E-state index is 12.6. The Labute approximate surface area is 196 Å². The molecule has 0 aliphatic carbocycles. The Bertz CT molecular complexity index is 1270. The van der Waals surface area contributed by atoms with Gasteiger partial charge in [0, 0.05) is 22.0 Å². The lowest BCUT2D eigenvalue weighted by Crippen LogP contribution is -2.15. The molecule has 0 saturated heterocycles. The van der Waals surface area contributed by atoms with Gasteiger partial charge in [-0.05, 0) is 62.7 Å². The summed E-state index contributed by atoms with van der Waals surface area (Å²) in [7, 11) is 0. The van der Waals surface area contributed by atoms with Gasteiger partial charge in [0.2, 0.25) is 5.91 Å². The van der Waals surface area contributed by atoms with Crippen molar-refractivity contribution < 1.29 is 4.79 Å². The number of halogens is 1. The van der Waals surface area contributed by atoms with E-state index in [-0.39, 0.29) is 11.7 Å². The van der Waals surface area contributed by atoms with Crippen molar-refractivity contribution in [1.29, 1.82) is 0 Å². The summed E-state index contributed by atoms with van der Waals surface area (Å²) in [6.07, 6.45) is 0. The minimum atomic E-state index is -0.115. The van der Waals surface area contributed by atoms with Crippen LogP contribution < -0.4 is 5.32 Å². The average molecular weight is 463 g/mol. The van der Waals surface area contributed by atoms with Crippen LogP contribution >= 0.6 is 23.4 Å². The molecule has 3 aromatic carbocycles. The van der Waals surface area contributed by atoms with Gasteiger partial charge in [-0.2, -0.15) is 0 Å². The molecule has 0 fully saturated rings. The molecule has 1 heterocycles. The van der Waals surface area contributed by atoms with E-state index in [4.69, 9.17) is 11.6 Å². The van der Waals surface area contributed by atoms with E-state index in [1.165, 1.54) is 17.3 Å². The van der Waals surface area contributed by atoms with E-state index in [0.717, 1.165) is 33.9 Å². The summed E-state index contributed by atoms with van der Waals surface area (Å²) in [4.78, 5) is 12.6. The third-order valence-corrected chi connectivity index (χ3v) is 6.16. The lowest BCUT2D eigenvalue weighted by Gasteiger charge is -2.12. The fourth-order valence-corrected chi connectivity index (χ4v) is 4.32. The highest BCUT2D eigenvalue weighted by Crippen LogP contribution is 2.29. The van der Waals surface area contributed by atoms with Crippen molar-refractivity contribution in [3.8, 4) is 17.1 Å². The first-order valence-electron chi connectivity index (χ1n) is 10.2. The first kappa shape index (κ1) is 22.1. The topological polar surface area (TPSA) is 59.8 Å². The first-order valence-corrected chi connectivity index (χ1v) is 11.6. The number of anilines is 1. The minimum Gasteiger partial charge on any atom is -0.325 e. The van der Waals surface area contributed by atoms with Crippen LogP contribution in [0.3, 0.4) is 0 Å². The Morgan fingerprint density at radius 1 is 0.969 bits per heavy atom. The van der Waals surface area contributed by atoms with Crippen LogP contribution in [-0.2, 0) is 4.79 Å². The van der Waals surface area contributed by atoms with Crippen LogP contribution in [0.25, 0.3) is 17.1 Å². The van der Waals surface area contributed by atoms with Crippen LogP contribution in [0, 0.1) is 20.8 Å². The molecular weight excluding hydrogens is 440 g/mol. The van der Waals surface area contributed by atoms with E-state index in [2.05, 4.69) is 53.6 Å². The summed E-state index contributed by atoms with van der Waals surface area (Å²) in [6.45, 7) is 6.02. The molecule has 0 spiro atoms. The zero-order valence-electron chi connectivity index (χ0n) is 18.1. The van der Waals surface area contributed by atoms with E-state index in [1.807, 2.05) is 47.9 Å². The highest BCUT2D eigenvalue weighted by atomic mass is 35.5. The molecule has 32 heavy (non-hydrogen) atoms. The summed E-state index contributed by atoms with van der Waals surface area (Å²) in [5.41, 5.74) is 5.92. The van der Waals surface area contributed by atoms with Gasteiger partial charge in [-0.25, -0.2) is 0 Å².